The number of aliphatic hydroxyl groups excluding tert-OH is 1. The molecule has 0 amide bonds. The van der Waals surface area contributed by atoms with E-state index in [-0.39, 0.29) is 18.8 Å². The van der Waals surface area contributed by atoms with Gasteiger partial charge in [0, 0.05) is 12.0 Å². The first-order valence-electron chi connectivity index (χ1n) is 5.79. The summed E-state index contributed by atoms with van der Waals surface area (Å²) in [5, 5.41) is 13.0. The van der Waals surface area contributed by atoms with Crippen molar-refractivity contribution in [3.63, 3.8) is 0 Å². The predicted molar refractivity (Wildman–Crippen MR) is 65.3 cm³/mol. The molecule has 0 saturated carbocycles. The Morgan fingerprint density at radius 2 is 2.35 bits per heavy atom. The molecule has 0 saturated heterocycles. The van der Waals surface area contributed by atoms with Gasteiger partial charge in [0.25, 0.3) is 0 Å². The number of oxime groups is 1. The topological polar surface area (TPSA) is 51.0 Å². The van der Waals surface area contributed by atoms with Crippen LogP contribution in [-0.4, -0.2) is 29.6 Å². The highest BCUT2D eigenvalue weighted by molar-refractivity contribution is 6.01. The standard InChI is InChI=1S/C13H17NO3/c1-9(2)16-11-5-3-4-10(6-11)13-7-12(8-15)17-14-13/h3-6,9,12,15H,7-8H2,1-2H3. The summed E-state index contributed by atoms with van der Waals surface area (Å²) in [4.78, 5) is 5.09. The van der Waals surface area contributed by atoms with Crippen LogP contribution in [0.15, 0.2) is 29.4 Å². The number of rotatable bonds is 4. The third-order valence-electron chi connectivity index (χ3n) is 2.48. The summed E-state index contributed by atoms with van der Waals surface area (Å²) >= 11 is 0. The second-order valence-corrected chi connectivity index (χ2v) is 4.35. The molecule has 1 heterocycles. The third-order valence-corrected chi connectivity index (χ3v) is 2.48. The van der Waals surface area contributed by atoms with Gasteiger partial charge in [0.05, 0.1) is 18.4 Å². The van der Waals surface area contributed by atoms with Crippen molar-refractivity contribution in [2.24, 2.45) is 5.16 Å². The molecule has 0 fully saturated rings. The summed E-state index contributed by atoms with van der Waals surface area (Å²) in [7, 11) is 0. The van der Waals surface area contributed by atoms with Crippen molar-refractivity contribution in [1.29, 1.82) is 0 Å². The van der Waals surface area contributed by atoms with Crippen molar-refractivity contribution < 1.29 is 14.7 Å². The average Bonchev–Trinajstić information content (AvgIpc) is 2.77. The number of hydrogen-bond acceptors (Lipinski definition) is 4. The van der Waals surface area contributed by atoms with E-state index in [2.05, 4.69) is 5.16 Å². The zero-order valence-electron chi connectivity index (χ0n) is 10.1. The van der Waals surface area contributed by atoms with Gasteiger partial charge in [0.1, 0.15) is 5.75 Å². The van der Waals surface area contributed by atoms with E-state index in [4.69, 9.17) is 14.7 Å². The Morgan fingerprint density at radius 3 is 3.00 bits per heavy atom. The van der Waals surface area contributed by atoms with Gasteiger partial charge >= 0.3 is 0 Å². The molecule has 1 aliphatic rings. The lowest BCUT2D eigenvalue weighted by Crippen LogP contribution is -2.13. The number of hydrogen-bond donors (Lipinski definition) is 1. The van der Waals surface area contributed by atoms with Gasteiger partial charge in [-0.3, -0.25) is 0 Å². The van der Waals surface area contributed by atoms with Gasteiger partial charge in [-0.25, -0.2) is 0 Å². The van der Waals surface area contributed by atoms with Crippen molar-refractivity contribution >= 4 is 5.71 Å². The van der Waals surface area contributed by atoms with Gasteiger partial charge in [0.15, 0.2) is 6.10 Å². The van der Waals surface area contributed by atoms with E-state index >= 15 is 0 Å². The molecule has 0 aliphatic carbocycles. The Kier molecular flexibility index (Phi) is 3.64. The van der Waals surface area contributed by atoms with E-state index in [1.807, 2.05) is 38.1 Å². The van der Waals surface area contributed by atoms with E-state index < -0.39 is 0 Å². The lowest BCUT2D eigenvalue weighted by molar-refractivity contribution is 0.0390. The van der Waals surface area contributed by atoms with Gasteiger partial charge in [-0.05, 0) is 26.0 Å². The molecule has 1 N–H and O–H groups in total. The first-order valence-corrected chi connectivity index (χ1v) is 5.79. The minimum absolute atomic E-state index is 0.00478. The van der Waals surface area contributed by atoms with Crippen LogP contribution >= 0.6 is 0 Å². The summed E-state index contributed by atoms with van der Waals surface area (Å²) in [5.74, 6) is 0.827. The Bertz CT molecular complexity index is 415. The molecule has 1 aromatic rings. The van der Waals surface area contributed by atoms with Crippen LogP contribution in [0.2, 0.25) is 0 Å². The molecule has 1 aromatic carbocycles. The minimum Gasteiger partial charge on any atom is -0.491 e. The van der Waals surface area contributed by atoms with Crippen LogP contribution in [-0.2, 0) is 4.84 Å². The molecule has 1 atom stereocenters. The van der Waals surface area contributed by atoms with Crippen LogP contribution < -0.4 is 4.74 Å². The smallest absolute Gasteiger partial charge is 0.156 e. The lowest BCUT2D eigenvalue weighted by atomic mass is 10.1. The fourth-order valence-corrected chi connectivity index (χ4v) is 1.72. The molecule has 2 rings (SSSR count). The van der Waals surface area contributed by atoms with Crippen LogP contribution in [0.25, 0.3) is 0 Å². The van der Waals surface area contributed by atoms with Crippen molar-refractivity contribution in [1.82, 2.24) is 0 Å². The van der Waals surface area contributed by atoms with E-state index in [0.29, 0.717) is 6.42 Å². The lowest BCUT2D eigenvalue weighted by Gasteiger charge is -2.10. The van der Waals surface area contributed by atoms with E-state index in [9.17, 15) is 0 Å². The van der Waals surface area contributed by atoms with Crippen LogP contribution in [0.4, 0.5) is 0 Å². The van der Waals surface area contributed by atoms with Gasteiger partial charge in [-0.15, -0.1) is 0 Å². The molecule has 1 unspecified atom stereocenters. The number of benzene rings is 1. The molecule has 1 aliphatic heterocycles. The fraction of sp³-hybridized carbons (Fsp3) is 0.462. The van der Waals surface area contributed by atoms with Crippen LogP contribution in [0.5, 0.6) is 5.75 Å². The van der Waals surface area contributed by atoms with E-state index in [0.717, 1.165) is 17.0 Å². The molecule has 4 nitrogen and oxygen atoms in total. The largest absolute Gasteiger partial charge is 0.491 e. The number of nitrogens with zero attached hydrogens (tertiary/aromatic N) is 1. The Labute approximate surface area is 101 Å². The summed E-state index contributed by atoms with van der Waals surface area (Å²) in [5.41, 5.74) is 1.84. The van der Waals surface area contributed by atoms with Crippen LogP contribution in [0.1, 0.15) is 25.8 Å². The van der Waals surface area contributed by atoms with Crippen molar-refractivity contribution in [3.05, 3.63) is 29.8 Å². The highest BCUT2D eigenvalue weighted by Crippen LogP contribution is 2.20. The zero-order valence-corrected chi connectivity index (χ0v) is 10.1. The molecule has 0 aromatic heterocycles. The normalized spacial score (nSPS) is 19.1. The van der Waals surface area contributed by atoms with Gasteiger partial charge < -0.3 is 14.7 Å². The summed E-state index contributed by atoms with van der Waals surface area (Å²) in [6.45, 7) is 3.98. The number of aliphatic hydroxyl groups is 1. The average molecular weight is 235 g/mol. The van der Waals surface area contributed by atoms with Crippen LogP contribution in [0.3, 0.4) is 0 Å². The van der Waals surface area contributed by atoms with Crippen molar-refractivity contribution in [2.45, 2.75) is 32.5 Å². The van der Waals surface area contributed by atoms with Crippen LogP contribution in [0, 0.1) is 0 Å². The third kappa shape index (κ3) is 2.97. The molecule has 4 heteroatoms. The molecular formula is C13H17NO3. The van der Waals surface area contributed by atoms with E-state index in [1.54, 1.807) is 0 Å². The number of ether oxygens (including phenoxy) is 1. The maximum absolute atomic E-state index is 8.98. The van der Waals surface area contributed by atoms with Gasteiger partial charge in [-0.1, -0.05) is 17.3 Å². The Hall–Kier alpha value is -1.55. The SMILES string of the molecule is CC(C)Oc1cccc(C2=NOC(CO)C2)c1. The molecule has 0 bridgehead atoms. The molecule has 92 valence electrons. The first kappa shape index (κ1) is 11.9. The summed E-state index contributed by atoms with van der Waals surface area (Å²) in [6, 6.07) is 7.77. The maximum Gasteiger partial charge on any atom is 0.156 e. The van der Waals surface area contributed by atoms with Gasteiger partial charge in [-0.2, -0.15) is 0 Å². The van der Waals surface area contributed by atoms with E-state index in [1.165, 1.54) is 0 Å². The van der Waals surface area contributed by atoms with Crippen molar-refractivity contribution in [3.8, 4) is 5.75 Å². The molecular weight excluding hydrogens is 218 g/mol. The molecule has 0 radical (unpaired) electrons. The highest BCUT2D eigenvalue weighted by Gasteiger charge is 2.21. The predicted octanol–water partition coefficient (Wildman–Crippen LogP) is 1.96. The fourth-order valence-electron chi connectivity index (χ4n) is 1.72. The van der Waals surface area contributed by atoms with Crippen molar-refractivity contribution in [2.75, 3.05) is 6.61 Å². The molecule has 0 spiro atoms. The summed E-state index contributed by atoms with van der Waals surface area (Å²) < 4.78 is 5.62. The minimum atomic E-state index is -0.209. The second kappa shape index (κ2) is 5.19. The monoisotopic (exact) mass is 235 g/mol. The second-order valence-electron chi connectivity index (χ2n) is 4.35. The maximum atomic E-state index is 8.98. The molecule has 17 heavy (non-hydrogen) atoms. The van der Waals surface area contributed by atoms with Gasteiger partial charge in [0.2, 0.25) is 0 Å². The quantitative estimate of drug-likeness (QED) is 0.868. The summed E-state index contributed by atoms with van der Waals surface area (Å²) in [6.07, 6.45) is 0.582. The Balaban J connectivity index is 2.11. The Morgan fingerprint density at radius 1 is 1.53 bits per heavy atom. The highest BCUT2D eigenvalue weighted by atomic mass is 16.6. The zero-order chi connectivity index (χ0) is 12.3. The first-order chi connectivity index (χ1) is 8.19.